The summed E-state index contributed by atoms with van der Waals surface area (Å²) in [7, 11) is 0. The lowest BCUT2D eigenvalue weighted by Crippen LogP contribution is -2.48. The molecule has 2 saturated heterocycles. The van der Waals surface area contributed by atoms with E-state index in [2.05, 4.69) is 0 Å². The molecule has 2 amide bonds. The minimum atomic E-state index is -1.10. The van der Waals surface area contributed by atoms with E-state index in [9.17, 15) is 28.9 Å². The minimum Gasteiger partial charge on any atom is -0.352 e. The zero-order chi connectivity index (χ0) is 26.0. The van der Waals surface area contributed by atoms with Crippen LogP contribution in [0.4, 0.5) is 21.5 Å². The van der Waals surface area contributed by atoms with Crippen LogP contribution in [0.5, 0.6) is 0 Å². The molecule has 184 valence electrons. The summed E-state index contributed by atoms with van der Waals surface area (Å²) in [6.07, 6.45) is 3.65. The van der Waals surface area contributed by atoms with Gasteiger partial charge in [-0.25, -0.2) is 9.29 Å². The summed E-state index contributed by atoms with van der Waals surface area (Å²) in [6, 6.07) is 14.5. The van der Waals surface area contributed by atoms with Crippen molar-refractivity contribution in [2.75, 3.05) is 9.80 Å². The van der Waals surface area contributed by atoms with E-state index >= 15 is 0 Å². The number of halogens is 2. The fraction of sp³-hybridized carbons (Fsp3) is 0.148. The number of non-ortho nitro benzene ring substituents is 1. The first kappa shape index (κ1) is 23.1. The Morgan fingerprint density at radius 3 is 2.49 bits per heavy atom. The van der Waals surface area contributed by atoms with Crippen molar-refractivity contribution in [2.24, 2.45) is 11.8 Å². The maximum Gasteiger partial charge on any atom is 0.270 e. The van der Waals surface area contributed by atoms with Crippen LogP contribution in [0.2, 0.25) is 5.02 Å². The molecule has 3 heterocycles. The van der Waals surface area contributed by atoms with Crippen LogP contribution in [0.25, 0.3) is 6.08 Å². The highest BCUT2D eigenvalue weighted by molar-refractivity contribution is 6.32. The number of imide groups is 1. The number of hydrogen-bond donors (Lipinski definition) is 0. The van der Waals surface area contributed by atoms with E-state index in [4.69, 9.17) is 11.6 Å². The van der Waals surface area contributed by atoms with Crippen molar-refractivity contribution in [3.63, 3.8) is 0 Å². The van der Waals surface area contributed by atoms with E-state index < -0.39 is 52.3 Å². The molecule has 3 aromatic carbocycles. The number of nitro groups is 1. The molecular formula is C27H17ClFN3O5. The maximum atomic E-state index is 14.0. The quantitative estimate of drug-likeness (QED) is 0.216. The smallest absolute Gasteiger partial charge is 0.270 e. The first-order chi connectivity index (χ1) is 17.8. The lowest BCUT2D eigenvalue weighted by molar-refractivity contribution is -0.384. The molecule has 0 N–H and O–H groups in total. The van der Waals surface area contributed by atoms with E-state index in [1.54, 1.807) is 17.0 Å². The number of anilines is 2. The van der Waals surface area contributed by atoms with E-state index in [1.165, 1.54) is 36.4 Å². The molecule has 10 heteroatoms. The van der Waals surface area contributed by atoms with Crippen molar-refractivity contribution >= 4 is 52.3 Å². The number of Topliss-reactive ketones (excluding diaryl/α,β-unsaturated/α-hetero) is 1. The third-order valence-electron chi connectivity index (χ3n) is 7.19. The third kappa shape index (κ3) is 3.38. The summed E-state index contributed by atoms with van der Waals surface area (Å²) in [5.74, 6) is -4.29. The zero-order valence-electron chi connectivity index (χ0n) is 19.0. The summed E-state index contributed by atoms with van der Waals surface area (Å²) < 4.78 is 13.8. The highest BCUT2D eigenvalue weighted by atomic mass is 35.5. The monoisotopic (exact) mass is 517 g/mol. The molecule has 4 unspecified atom stereocenters. The standard InChI is InChI=1S/C27H17ClFN3O5/c28-18-13-16(9-10-19(18)29)30-26(34)22-21-11-8-14-4-1-2-7-20(14)31(21)24(23(22)27(30)35)25(33)15-5-3-6-17(12-15)32(36)37/h1-13,21-24H. The van der Waals surface area contributed by atoms with E-state index in [0.717, 1.165) is 16.5 Å². The van der Waals surface area contributed by atoms with Crippen molar-refractivity contribution in [2.45, 2.75) is 12.1 Å². The summed E-state index contributed by atoms with van der Waals surface area (Å²) >= 11 is 5.92. The molecule has 0 spiro atoms. The fourth-order valence-electron chi connectivity index (χ4n) is 5.64. The Balaban J connectivity index is 1.49. The maximum absolute atomic E-state index is 14.0. The fourth-order valence-corrected chi connectivity index (χ4v) is 5.81. The van der Waals surface area contributed by atoms with Gasteiger partial charge in [-0.1, -0.05) is 54.1 Å². The van der Waals surface area contributed by atoms with Gasteiger partial charge in [0.2, 0.25) is 11.8 Å². The van der Waals surface area contributed by atoms with Gasteiger partial charge < -0.3 is 4.90 Å². The second-order valence-electron chi connectivity index (χ2n) is 9.09. The predicted octanol–water partition coefficient (Wildman–Crippen LogP) is 4.66. The highest BCUT2D eigenvalue weighted by Gasteiger charge is 2.64. The van der Waals surface area contributed by atoms with Gasteiger partial charge in [-0.05, 0) is 29.8 Å². The van der Waals surface area contributed by atoms with Crippen LogP contribution in [0.3, 0.4) is 0 Å². The molecule has 3 aliphatic rings. The molecule has 3 aliphatic heterocycles. The van der Waals surface area contributed by atoms with Crippen LogP contribution < -0.4 is 9.80 Å². The predicted molar refractivity (Wildman–Crippen MR) is 134 cm³/mol. The molecule has 0 radical (unpaired) electrons. The molecule has 0 aromatic heterocycles. The molecule has 4 atom stereocenters. The number of carbonyl (C=O) groups excluding carboxylic acids is 3. The van der Waals surface area contributed by atoms with Crippen molar-refractivity contribution in [1.82, 2.24) is 0 Å². The second-order valence-corrected chi connectivity index (χ2v) is 9.50. The molecule has 8 nitrogen and oxygen atoms in total. The van der Waals surface area contributed by atoms with Crippen molar-refractivity contribution in [3.05, 3.63) is 105 Å². The molecule has 0 aliphatic carbocycles. The number of para-hydroxylation sites is 1. The number of ketones is 1. The first-order valence-corrected chi connectivity index (χ1v) is 11.8. The Kier molecular flexibility index (Phi) is 5.20. The van der Waals surface area contributed by atoms with Gasteiger partial charge in [-0.2, -0.15) is 0 Å². The highest BCUT2D eigenvalue weighted by Crippen LogP contribution is 2.50. The van der Waals surface area contributed by atoms with E-state index in [0.29, 0.717) is 5.69 Å². The number of nitrogens with zero attached hydrogens (tertiary/aromatic N) is 3. The molecule has 0 bridgehead atoms. The van der Waals surface area contributed by atoms with Crippen LogP contribution >= 0.6 is 11.6 Å². The summed E-state index contributed by atoms with van der Waals surface area (Å²) in [6.45, 7) is 0. The number of hydrogen-bond acceptors (Lipinski definition) is 6. The molecule has 6 rings (SSSR count). The molecular weight excluding hydrogens is 501 g/mol. The Morgan fingerprint density at radius 2 is 1.73 bits per heavy atom. The number of fused-ring (bicyclic) bond motifs is 5. The number of rotatable bonds is 4. The molecule has 3 aromatic rings. The normalized spacial score (nSPS) is 23.6. The average molecular weight is 518 g/mol. The van der Waals surface area contributed by atoms with Crippen LogP contribution in [0, 0.1) is 27.8 Å². The number of nitro benzene ring substituents is 1. The van der Waals surface area contributed by atoms with Crippen LogP contribution in [-0.4, -0.2) is 34.6 Å². The zero-order valence-corrected chi connectivity index (χ0v) is 19.7. The SMILES string of the molecule is O=C(c1cccc([N+](=O)[O-])c1)C1C2C(=O)N(c3ccc(F)c(Cl)c3)C(=O)C2C2C=Cc3ccccc3N21. The molecule has 37 heavy (non-hydrogen) atoms. The van der Waals surface area contributed by atoms with Crippen molar-refractivity contribution in [3.8, 4) is 0 Å². The van der Waals surface area contributed by atoms with Gasteiger partial charge in [0.1, 0.15) is 11.9 Å². The Labute approximate surface area is 214 Å². The van der Waals surface area contributed by atoms with Crippen LogP contribution in [0.1, 0.15) is 15.9 Å². The topological polar surface area (TPSA) is 101 Å². The number of benzene rings is 3. The first-order valence-electron chi connectivity index (χ1n) is 11.4. The number of amides is 2. The minimum absolute atomic E-state index is 0.0640. The van der Waals surface area contributed by atoms with Gasteiger partial charge in [-0.15, -0.1) is 0 Å². The average Bonchev–Trinajstić information content (AvgIpc) is 3.38. The van der Waals surface area contributed by atoms with E-state index in [1.807, 2.05) is 24.3 Å². The van der Waals surface area contributed by atoms with Crippen molar-refractivity contribution < 1.29 is 23.7 Å². The lowest BCUT2D eigenvalue weighted by atomic mass is 9.86. The Morgan fingerprint density at radius 1 is 0.973 bits per heavy atom. The molecule has 2 fully saturated rings. The van der Waals surface area contributed by atoms with Gasteiger partial charge in [0.15, 0.2) is 5.78 Å². The summed E-state index contributed by atoms with van der Waals surface area (Å²) in [5.41, 5.74) is 1.42. The van der Waals surface area contributed by atoms with Gasteiger partial charge >= 0.3 is 0 Å². The van der Waals surface area contributed by atoms with E-state index in [-0.39, 0.29) is 22.0 Å². The summed E-state index contributed by atoms with van der Waals surface area (Å²) in [4.78, 5) is 55.0. The van der Waals surface area contributed by atoms with Crippen LogP contribution in [-0.2, 0) is 9.59 Å². The van der Waals surface area contributed by atoms with Crippen LogP contribution in [0.15, 0.2) is 72.8 Å². The van der Waals surface area contributed by atoms with Gasteiger partial charge in [0, 0.05) is 23.4 Å². The van der Waals surface area contributed by atoms with Gasteiger partial charge in [-0.3, -0.25) is 24.5 Å². The largest absolute Gasteiger partial charge is 0.352 e. The van der Waals surface area contributed by atoms with Gasteiger partial charge in [0.25, 0.3) is 5.69 Å². The lowest BCUT2D eigenvalue weighted by Gasteiger charge is -2.36. The Bertz CT molecular complexity index is 1560. The third-order valence-corrected chi connectivity index (χ3v) is 7.48. The van der Waals surface area contributed by atoms with Gasteiger partial charge in [0.05, 0.1) is 33.5 Å². The second kappa shape index (κ2) is 8.35. The number of carbonyl (C=O) groups is 3. The van der Waals surface area contributed by atoms with Crippen molar-refractivity contribution in [1.29, 1.82) is 0 Å². The summed E-state index contributed by atoms with van der Waals surface area (Å²) in [5, 5.41) is 11.1. The Hall–Kier alpha value is -4.37. The molecule has 0 saturated carbocycles.